The highest BCUT2D eigenvalue weighted by molar-refractivity contribution is 7.99. The van der Waals surface area contributed by atoms with Gasteiger partial charge < -0.3 is 21.1 Å². The molecule has 0 aromatic heterocycles. The maximum Gasteiger partial charge on any atom is 0.573 e. The molecule has 34 heavy (non-hydrogen) atoms. The van der Waals surface area contributed by atoms with E-state index in [9.17, 15) is 18.0 Å². The molecule has 2 amide bonds. The molecule has 3 aromatic rings. The molecule has 1 atom stereocenters. The Morgan fingerprint density at radius 1 is 1.03 bits per heavy atom. The van der Waals surface area contributed by atoms with Gasteiger partial charge in [-0.1, -0.05) is 53.5 Å². The lowest BCUT2D eigenvalue weighted by atomic mass is 10.0. The van der Waals surface area contributed by atoms with Crippen LogP contribution >= 0.6 is 35.0 Å². The van der Waals surface area contributed by atoms with Crippen LogP contribution in [-0.2, 0) is 0 Å². The fourth-order valence-corrected chi connectivity index (χ4v) is 4.81. The molecule has 0 radical (unpaired) electrons. The zero-order valence-electron chi connectivity index (χ0n) is 17.5. The van der Waals surface area contributed by atoms with Gasteiger partial charge in [0, 0.05) is 28.0 Å². The zero-order valence-corrected chi connectivity index (χ0v) is 19.9. The number of rotatable bonds is 8. The molecule has 0 spiro atoms. The number of halogens is 5. The summed E-state index contributed by atoms with van der Waals surface area (Å²) in [7, 11) is 0. The van der Waals surface area contributed by atoms with Crippen molar-refractivity contribution in [2.45, 2.75) is 11.6 Å². The molecule has 11 heteroatoms. The fourth-order valence-electron chi connectivity index (χ4n) is 3.10. The predicted octanol–water partition coefficient (Wildman–Crippen LogP) is 7.12. The normalized spacial score (nSPS) is 12.1. The summed E-state index contributed by atoms with van der Waals surface area (Å²) >= 11 is 14.1. The number of nitrogens with one attached hydrogen (secondary N) is 2. The van der Waals surface area contributed by atoms with Crippen LogP contribution in [-0.4, -0.2) is 24.7 Å². The number of benzene rings is 3. The van der Waals surface area contributed by atoms with Gasteiger partial charge in [-0.05, 0) is 47.5 Å². The minimum absolute atomic E-state index is 0.106. The van der Waals surface area contributed by atoms with E-state index in [0.29, 0.717) is 21.5 Å². The SMILES string of the molecule is Nc1ccc(Cl)cc1C(SCCNC(=O)Nc1ccccc1OC(F)(F)F)c1ccccc1Cl. The van der Waals surface area contributed by atoms with E-state index in [2.05, 4.69) is 15.4 Å². The van der Waals surface area contributed by atoms with Crippen LogP contribution in [0, 0.1) is 0 Å². The average molecular weight is 530 g/mol. The van der Waals surface area contributed by atoms with Crippen LogP contribution in [0.15, 0.2) is 66.7 Å². The first kappa shape index (κ1) is 25.9. The fraction of sp³-hybridized carbons (Fsp3) is 0.174. The number of carbonyl (C=O) groups excluding carboxylic acids is 1. The number of carbonyl (C=O) groups is 1. The molecule has 3 rings (SSSR count). The van der Waals surface area contributed by atoms with Crippen LogP contribution < -0.4 is 21.1 Å². The van der Waals surface area contributed by atoms with Crippen LogP contribution in [0.25, 0.3) is 0 Å². The van der Waals surface area contributed by atoms with E-state index in [0.717, 1.165) is 17.2 Å². The molecule has 1 unspecified atom stereocenters. The number of hydrogen-bond donors (Lipinski definition) is 3. The molecule has 0 aliphatic carbocycles. The maximum absolute atomic E-state index is 12.6. The van der Waals surface area contributed by atoms with Gasteiger partial charge in [-0.15, -0.1) is 24.9 Å². The number of urea groups is 1. The van der Waals surface area contributed by atoms with Crippen LogP contribution in [0.2, 0.25) is 10.0 Å². The molecule has 0 aliphatic rings. The lowest BCUT2D eigenvalue weighted by Gasteiger charge is -2.21. The summed E-state index contributed by atoms with van der Waals surface area (Å²) in [5, 5.41) is 5.83. The molecule has 0 aliphatic heterocycles. The number of nitrogen functional groups attached to an aromatic ring is 1. The molecular formula is C23H20Cl2F3N3O2S. The van der Waals surface area contributed by atoms with Crippen molar-refractivity contribution in [3.63, 3.8) is 0 Å². The highest BCUT2D eigenvalue weighted by atomic mass is 35.5. The molecule has 0 fully saturated rings. The Morgan fingerprint density at radius 3 is 2.47 bits per heavy atom. The summed E-state index contributed by atoms with van der Waals surface area (Å²) < 4.78 is 41.6. The largest absolute Gasteiger partial charge is 0.573 e. The van der Waals surface area contributed by atoms with Gasteiger partial charge in [-0.25, -0.2) is 4.79 Å². The van der Waals surface area contributed by atoms with Crippen molar-refractivity contribution in [3.8, 4) is 5.75 Å². The zero-order chi connectivity index (χ0) is 24.7. The van der Waals surface area contributed by atoms with Crippen LogP contribution in [0.4, 0.5) is 29.3 Å². The van der Waals surface area contributed by atoms with Crippen molar-refractivity contribution >= 4 is 52.4 Å². The second-order valence-corrected chi connectivity index (χ2v) is 9.03. The summed E-state index contributed by atoms with van der Waals surface area (Å²) in [6.45, 7) is 0.222. The number of amides is 2. The first-order valence-electron chi connectivity index (χ1n) is 9.94. The van der Waals surface area contributed by atoms with E-state index in [4.69, 9.17) is 28.9 Å². The van der Waals surface area contributed by atoms with Crippen LogP contribution in [0.1, 0.15) is 16.4 Å². The topological polar surface area (TPSA) is 76.4 Å². The van der Waals surface area contributed by atoms with E-state index < -0.39 is 18.1 Å². The van der Waals surface area contributed by atoms with Gasteiger partial charge in [0.15, 0.2) is 5.75 Å². The number of hydrogen-bond acceptors (Lipinski definition) is 4. The third-order valence-corrected chi connectivity index (χ3v) is 6.41. The van der Waals surface area contributed by atoms with Gasteiger partial charge in [0.05, 0.1) is 10.9 Å². The number of alkyl halides is 3. The van der Waals surface area contributed by atoms with Crippen LogP contribution in [0.3, 0.4) is 0 Å². The molecule has 0 saturated heterocycles. The Bertz CT molecular complexity index is 1150. The molecule has 0 heterocycles. The number of para-hydroxylation sites is 2. The smallest absolute Gasteiger partial charge is 0.404 e. The van der Waals surface area contributed by atoms with E-state index >= 15 is 0 Å². The summed E-state index contributed by atoms with van der Waals surface area (Å²) in [5.41, 5.74) is 8.26. The van der Waals surface area contributed by atoms with Gasteiger partial charge in [0.2, 0.25) is 0 Å². The minimum atomic E-state index is -4.87. The van der Waals surface area contributed by atoms with Crippen LogP contribution in [0.5, 0.6) is 5.75 Å². The lowest BCUT2D eigenvalue weighted by Crippen LogP contribution is -2.31. The quantitative estimate of drug-likeness (QED) is 0.214. The van der Waals surface area contributed by atoms with Crippen molar-refractivity contribution in [2.75, 3.05) is 23.3 Å². The van der Waals surface area contributed by atoms with Gasteiger partial charge in [-0.3, -0.25) is 0 Å². The summed E-state index contributed by atoms with van der Waals surface area (Å²) in [5.74, 6) is -0.0505. The molecule has 0 saturated carbocycles. The Morgan fingerprint density at radius 2 is 1.74 bits per heavy atom. The first-order chi connectivity index (χ1) is 16.1. The number of anilines is 2. The van der Waals surface area contributed by atoms with Crippen molar-refractivity contribution < 1.29 is 22.7 Å². The second kappa shape index (κ2) is 11.6. The van der Waals surface area contributed by atoms with Crippen molar-refractivity contribution in [1.82, 2.24) is 5.32 Å². The monoisotopic (exact) mass is 529 g/mol. The molecule has 180 valence electrons. The standard InChI is InChI=1S/C23H20Cl2F3N3O2S/c24-14-9-10-18(29)16(13-14)21(15-5-1-2-6-17(15)25)34-12-11-30-22(32)31-19-7-3-4-8-20(19)33-23(26,27)28/h1-10,13,21H,11-12,29H2,(H2,30,31,32). The number of thioether (sulfide) groups is 1. The number of nitrogens with two attached hydrogens (primary N) is 1. The third-order valence-electron chi connectivity index (χ3n) is 4.55. The molecule has 3 aromatic carbocycles. The highest BCUT2D eigenvalue weighted by Crippen LogP contribution is 2.42. The highest BCUT2D eigenvalue weighted by Gasteiger charge is 2.32. The van der Waals surface area contributed by atoms with E-state index in [-0.39, 0.29) is 17.5 Å². The van der Waals surface area contributed by atoms with E-state index in [1.807, 2.05) is 18.2 Å². The Labute approximate surface area is 208 Å². The summed E-state index contributed by atoms with van der Waals surface area (Å²) in [4.78, 5) is 12.2. The summed E-state index contributed by atoms with van der Waals surface area (Å²) in [6, 6.07) is 17.1. The summed E-state index contributed by atoms with van der Waals surface area (Å²) in [6.07, 6.45) is -4.87. The molecular weight excluding hydrogens is 510 g/mol. The van der Waals surface area contributed by atoms with Crippen molar-refractivity contribution in [1.29, 1.82) is 0 Å². The van der Waals surface area contributed by atoms with Gasteiger partial charge in [0.25, 0.3) is 0 Å². The van der Waals surface area contributed by atoms with E-state index in [1.165, 1.54) is 30.0 Å². The first-order valence-corrected chi connectivity index (χ1v) is 11.7. The Balaban J connectivity index is 1.64. The predicted molar refractivity (Wildman–Crippen MR) is 132 cm³/mol. The van der Waals surface area contributed by atoms with E-state index in [1.54, 1.807) is 24.3 Å². The molecule has 5 nitrogen and oxygen atoms in total. The maximum atomic E-state index is 12.6. The van der Waals surface area contributed by atoms with Gasteiger partial charge in [-0.2, -0.15) is 0 Å². The number of ether oxygens (including phenoxy) is 1. The van der Waals surface area contributed by atoms with Gasteiger partial charge in [0.1, 0.15) is 0 Å². The van der Waals surface area contributed by atoms with Gasteiger partial charge >= 0.3 is 12.4 Å². The minimum Gasteiger partial charge on any atom is -0.404 e. The van der Waals surface area contributed by atoms with Crippen molar-refractivity contribution in [3.05, 3.63) is 87.9 Å². The molecule has 4 N–H and O–H groups in total. The Kier molecular flexibility index (Phi) is 8.82. The third kappa shape index (κ3) is 7.38. The van der Waals surface area contributed by atoms with Crippen molar-refractivity contribution in [2.24, 2.45) is 0 Å². The second-order valence-electron chi connectivity index (χ2n) is 6.97. The average Bonchev–Trinajstić information content (AvgIpc) is 2.77. The Hall–Kier alpha value is -2.75. The molecule has 0 bridgehead atoms. The lowest BCUT2D eigenvalue weighted by molar-refractivity contribution is -0.274.